The summed E-state index contributed by atoms with van der Waals surface area (Å²) in [7, 11) is 0. The van der Waals surface area contributed by atoms with E-state index in [0.717, 1.165) is 11.1 Å². The van der Waals surface area contributed by atoms with Crippen molar-refractivity contribution in [3.63, 3.8) is 0 Å². The van der Waals surface area contributed by atoms with Crippen LogP contribution in [0.15, 0.2) is 54.6 Å². The highest BCUT2D eigenvalue weighted by Gasteiger charge is 2.18. The number of anilines is 2. The van der Waals surface area contributed by atoms with Gasteiger partial charge in [0.1, 0.15) is 15.5 Å². The third kappa shape index (κ3) is 3.44. The summed E-state index contributed by atoms with van der Waals surface area (Å²) in [6.45, 7) is 1.89. The molecular formula is C21H15ClFN3OS. The van der Waals surface area contributed by atoms with Crippen LogP contribution in [0.25, 0.3) is 21.5 Å². The molecule has 4 nitrogen and oxygen atoms in total. The molecule has 0 fully saturated rings. The Kier molecular flexibility index (Phi) is 4.75. The number of nitrogen functional groups attached to an aromatic ring is 1. The Morgan fingerprint density at radius 1 is 1.14 bits per heavy atom. The van der Waals surface area contributed by atoms with Gasteiger partial charge in [0.05, 0.1) is 11.4 Å². The first-order chi connectivity index (χ1) is 13.4. The molecule has 0 spiro atoms. The molecule has 1 amide bonds. The molecule has 28 heavy (non-hydrogen) atoms. The normalized spacial score (nSPS) is 11.0. The number of fused-ring (bicyclic) bond motifs is 1. The zero-order chi connectivity index (χ0) is 19.8. The number of rotatable bonds is 3. The van der Waals surface area contributed by atoms with Gasteiger partial charge in [-0.3, -0.25) is 4.79 Å². The summed E-state index contributed by atoms with van der Waals surface area (Å²) in [4.78, 5) is 18.4. The average Bonchev–Trinajstić information content (AvgIpc) is 3.01. The van der Waals surface area contributed by atoms with Crippen LogP contribution in [0, 0.1) is 12.7 Å². The number of aryl methyl sites for hydroxylation is 1. The fourth-order valence-corrected chi connectivity index (χ4v) is 4.02. The maximum atomic E-state index is 13.1. The second-order valence-electron chi connectivity index (χ2n) is 6.31. The van der Waals surface area contributed by atoms with Crippen LogP contribution in [0.2, 0.25) is 5.02 Å². The minimum atomic E-state index is -0.311. The van der Waals surface area contributed by atoms with E-state index in [0.29, 0.717) is 37.2 Å². The summed E-state index contributed by atoms with van der Waals surface area (Å²) in [6.07, 6.45) is 0. The molecule has 0 atom stereocenters. The van der Waals surface area contributed by atoms with Crippen LogP contribution in [0.1, 0.15) is 15.2 Å². The number of hydrogen-bond donors (Lipinski definition) is 2. The second kappa shape index (κ2) is 7.22. The Bertz CT molecular complexity index is 1200. The second-order valence-corrected chi connectivity index (χ2v) is 7.75. The molecule has 0 aliphatic carbocycles. The molecule has 0 saturated carbocycles. The summed E-state index contributed by atoms with van der Waals surface area (Å²) in [5.41, 5.74) is 9.59. The zero-order valence-corrected chi connectivity index (χ0v) is 16.4. The molecule has 2 aromatic carbocycles. The Morgan fingerprint density at radius 2 is 1.89 bits per heavy atom. The molecule has 0 unspecified atom stereocenters. The van der Waals surface area contributed by atoms with Crippen LogP contribution in [-0.2, 0) is 0 Å². The first kappa shape index (κ1) is 18.4. The number of nitrogens with two attached hydrogens (primary N) is 1. The molecule has 0 aliphatic rings. The molecule has 4 rings (SSSR count). The first-order valence-electron chi connectivity index (χ1n) is 8.45. The summed E-state index contributed by atoms with van der Waals surface area (Å²) in [5.74, 6) is -0.616. The van der Waals surface area contributed by atoms with E-state index in [1.807, 2.05) is 19.1 Å². The standard InChI is InChI=1S/C21H15ClFN3OS/c1-11-2-5-13(22)10-17(11)25-20(27)19-18(24)15-8-9-16(26-21(15)28-19)12-3-6-14(23)7-4-12/h2-10H,24H2,1H3,(H,25,27). The summed E-state index contributed by atoms with van der Waals surface area (Å²) in [6, 6.07) is 15.0. The van der Waals surface area contributed by atoms with Crippen LogP contribution < -0.4 is 11.1 Å². The molecule has 0 bridgehead atoms. The zero-order valence-electron chi connectivity index (χ0n) is 14.8. The van der Waals surface area contributed by atoms with Crippen molar-refractivity contribution in [3.8, 4) is 11.3 Å². The number of aromatic nitrogens is 1. The number of benzene rings is 2. The van der Waals surface area contributed by atoms with Crippen molar-refractivity contribution in [2.24, 2.45) is 0 Å². The van der Waals surface area contributed by atoms with E-state index in [-0.39, 0.29) is 11.7 Å². The van der Waals surface area contributed by atoms with Crippen molar-refractivity contribution in [2.75, 3.05) is 11.1 Å². The van der Waals surface area contributed by atoms with Crippen molar-refractivity contribution < 1.29 is 9.18 Å². The van der Waals surface area contributed by atoms with Crippen molar-refractivity contribution in [1.82, 2.24) is 4.98 Å². The summed E-state index contributed by atoms with van der Waals surface area (Å²) < 4.78 is 13.1. The van der Waals surface area contributed by atoms with E-state index in [1.165, 1.54) is 23.5 Å². The van der Waals surface area contributed by atoms with Gasteiger partial charge >= 0.3 is 0 Å². The molecule has 7 heteroatoms. The lowest BCUT2D eigenvalue weighted by atomic mass is 10.1. The minimum absolute atomic E-state index is 0.305. The van der Waals surface area contributed by atoms with Gasteiger partial charge in [0.2, 0.25) is 0 Å². The van der Waals surface area contributed by atoms with E-state index in [2.05, 4.69) is 10.3 Å². The number of pyridine rings is 1. The first-order valence-corrected chi connectivity index (χ1v) is 9.64. The summed E-state index contributed by atoms with van der Waals surface area (Å²) >= 11 is 7.24. The number of thiophene rings is 1. The molecule has 0 radical (unpaired) electrons. The molecule has 0 aliphatic heterocycles. The minimum Gasteiger partial charge on any atom is -0.397 e. The lowest BCUT2D eigenvalue weighted by molar-refractivity contribution is 0.103. The van der Waals surface area contributed by atoms with Crippen LogP contribution in [0.5, 0.6) is 0 Å². The maximum absolute atomic E-state index is 13.1. The highest BCUT2D eigenvalue weighted by atomic mass is 35.5. The fraction of sp³-hybridized carbons (Fsp3) is 0.0476. The van der Waals surface area contributed by atoms with Crippen LogP contribution in [0.4, 0.5) is 15.8 Å². The molecule has 4 aromatic rings. The molecule has 140 valence electrons. The van der Waals surface area contributed by atoms with Gasteiger partial charge in [0.25, 0.3) is 5.91 Å². The average molecular weight is 412 g/mol. The predicted molar refractivity (Wildman–Crippen MR) is 114 cm³/mol. The number of hydrogen-bond acceptors (Lipinski definition) is 4. The quantitative estimate of drug-likeness (QED) is 0.441. The van der Waals surface area contributed by atoms with Gasteiger partial charge < -0.3 is 11.1 Å². The number of nitrogens with one attached hydrogen (secondary N) is 1. The molecule has 0 saturated heterocycles. The van der Waals surface area contributed by atoms with Crippen LogP contribution in [-0.4, -0.2) is 10.9 Å². The Hall–Kier alpha value is -2.96. The molecule has 3 N–H and O–H groups in total. The number of carbonyl (C=O) groups excluding carboxylic acids is 1. The van der Waals surface area contributed by atoms with E-state index < -0.39 is 0 Å². The van der Waals surface area contributed by atoms with Gasteiger partial charge in [-0.15, -0.1) is 11.3 Å². The predicted octanol–water partition coefficient (Wildman–Crippen LogP) is 5.90. The fourth-order valence-electron chi connectivity index (χ4n) is 2.86. The van der Waals surface area contributed by atoms with Gasteiger partial charge in [-0.2, -0.15) is 0 Å². The summed E-state index contributed by atoms with van der Waals surface area (Å²) in [5, 5.41) is 4.11. The van der Waals surface area contributed by atoms with Gasteiger partial charge in [0.15, 0.2) is 0 Å². The van der Waals surface area contributed by atoms with E-state index in [1.54, 1.807) is 30.3 Å². The highest BCUT2D eigenvalue weighted by molar-refractivity contribution is 7.21. The van der Waals surface area contributed by atoms with E-state index in [4.69, 9.17) is 17.3 Å². The van der Waals surface area contributed by atoms with Gasteiger partial charge in [-0.1, -0.05) is 17.7 Å². The van der Waals surface area contributed by atoms with Crippen molar-refractivity contribution in [3.05, 3.63) is 75.9 Å². The van der Waals surface area contributed by atoms with Crippen molar-refractivity contribution in [1.29, 1.82) is 0 Å². The monoisotopic (exact) mass is 411 g/mol. The smallest absolute Gasteiger partial charge is 0.267 e. The number of nitrogens with zero attached hydrogens (tertiary/aromatic N) is 1. The third-order valence-electron chi connectivity index (χ3n) is 4.39. The largest absolute Gasteiger partial charge is 0.397 e. The number of amides is 1. The van der Waals surface area contributed by atoms with Gasteiger partial charge in [-0.25, -0.2) is 9.37 Å². The Balaban J connectivity index is 1.69. The Morgan fingerprint density at radius 3 is 2.64 bits per heavy atom. The van der Waals surface area contributed by atoms with E-state index in [9.17, 15) is 9.18 Å². The highest BCUT2D eigenvalue weighted by Crippen LogP contribution is 2.35. The topological polar surface area (TPSA) is 68.0 Å². The van der Waals surface area contributed by atoms with Crippen LogP contribution >= 0.6 is 22.9 Å². The van der Waals surface area contributed by atoms with Crippen molar-refractivity contribution in [2.45, 2.75) is 6.92 Å². The number of carbonyl (C=O) groups is 1. The SMILES string of the molecule is Cc1ccc(Cl)cc1NC(=O)c1sc2nc(-c3ccc(F)cc3)ccc2c1N. The molecular weight excluding hydrogens is 397 g/mol. The Labute approximate surface area is 169 Å². The van der Waals surface area contributed by atoms with Gasteiger partial charge in [-0.05, 0) is 61.0 Å². The lowest BCUT2D eigenvalue weighted by Gasteiger charge is -2.08. The molecule has 2 aromatic heterocycles. The number of halogens is 2. The van der Waals surface area contributed by atoms with E-state index >= 15 is 0 Å². The molecule has 2 heterocycles. The lowest BCUT2D eigenvalue weighted by Crippen LogP contribution is -2.12. The maximum Gasteiger partial charge on any atom is 0.267 e. The van der Waals surface area contributed by atoms with Crippen molar-refractivity contribution >= 4 is 50.4 Å². The van der Waals surface area contributed by atoms with Crippen LogP contribution in [0.3, 0.4) is 0 Å². The third-order valence-corrected chi connectivity index (χ3v) is 5.74. The van der Waals surface area contributed by atoms with Gasteiger partial charge in [0, 0.05) is 21.7 Å².